The molecule has 1 aromatic carbocycles. The lowest BCUT2D eigenvalue weighted by molar-refractivity contribution is -0.141. The van der Waals surface area contributed by atoms with Crippen molar-refractivity contribution in [3.05, 3.63) is 47.9 Å². The summed E-state index contributed by atoms with van der Waals surface area (Å²) in [6.45, 7) is 6.39. The first-order chi connectivity index (χ1) is 20.2. The Morgan fingerprint density at radius 2 is 2.05 bits per heavy atom. The number of H-pyrrole nitrogens is 1. The average molecular weight is 571 g/mol. The van der Waals surface area contributed by atoms with E-state index in [9.17, 15) is 14.4 Å². The van der Waals surface area contributed by atoms with Crippen LogP contribution in [-0.4, -0.2) is 91.5 Å². The summed E-state index contributed by atoms with van der Waals surface area (Å²) in [6, 6.07) is 7.69. The Hall–Kier alpha value is -4.78. The minimum Gasteiger partial charge on any atom is -0.359 e. The molecule has 42 heavy (non-hydrogen) atoms. The summed E-state index contributed by atoms with van der Waals surface area (Å²) in [5.41, 5.74) is 5.07. The third-order valence-corrected chi connectivity index (χ3v) is 7.91. The molecular formula is C29H34N10O3. The van der Waals surface area contributed by atoms with Crippen LogP contribution >= 0.6 is 0 Å². The Kier molecular flexibility index (Phi) is 7.33. The van der Waals surface area contributed by atoms with Gasteiger partial charge in [-0.1, -0.05) is 12.1 Å². The summed E-state index contributed by atoms with van der Waals surface area (Å²) < 4.78 is 1.78. The maximum absolute atomic E-state index is 13.1. The number of aromatic nitrogens is 5. The second-order valence-electron chi connectivity index (χ2n) is 11.0. The smallest absolute Gasteiger partial charge is 0.239 e. The number of piperazine rings is 1. The molecule has 2 aliphatic rings. The maximum atomic E-state index is 13.1. The zero-order valence-electron chi connectivity index (χ0n) is 23.9. The molecule has 218 valence electrons. The number of anilines is 3. The van der Waals surface area contributed by atoms with Crippen molar-refractivity contribution in [2.24, 2.45) is 13.0 Å². The molecule has 0 unspecified atom stereocenters. The molecule has 3 aromatic heterocycles. The molecule has 0 aliphatic carbocycles. The molecule has 13 nitrogen and oxygen atoms in total. The fraction of sp³-hybridized carbons (Fsp3) is 0.379. The van der Waals surface area contributed by atoms with Gasteiger partial charge in [0, 0.05) is 61.8 Å². The Balaban J connectivity index is 1.13. The van der Waals surface area contributed by atoms with E-state index >= 15 is 0 Å². The van der Waals surface area contributed by atoms with Crippen molar-refractivity contribution in [2.45, 2.75) is 20.3 Å². The van der Waals surface area contributed by atoms with Crippen LogP contribution in [0.1, 0.15) is 17.7 Å². The quantitative estimate of drug-likeness (QED) is 0.263. The molecule has 0 saturated carbocycles. The normalized spacial score (nSPS) is 17.5. The number of amides is 3. The van der Waals surface area contributed by atoms with Gasteiger partial charge in [0.2, 0.25) is 23.7 Å². The molecular weight excluding hydrogens is 536 g/mol. The molecule has 0 bridgehead atoms. The zero-order valence-corrected chi connectivity index (χ0v) is 23.9. The molecule has 6 rings (SSSR count). The molecule has 0 spiro atoms. The third kappa shape index (κ3) is 5.55. The predicted octanol–water partition coefficient (Wildman–Crippen LogP) is 1.94. The molecule has 3 amide bonds. The van der Waals surface area contributed by atoms with Gasteiger partial charge in [0.15, 0.2) is 5.82 Å². The van der Waals surface area contributed by atoms with E-state index in [-0.39, 0.29) is 36.7 Å². The number of benzene rings is 1. The summed E-state index contributed by atoms with van der Waals surface area (Å²) in [5.74, 6) is 0.622. The lowest BCUT2D eigenvalue weighted by Crippen LogP contribution is -2.51. The van der Waals surface area contributed by atoms with Gasteiger partial charge in [0.25, 0.3) is 0 Å². The average Bonchev–Trinajstić information content (AvgIpc) is 3.68. The van der Waals surface area contributed by atoms with Gasteiger partial charge < -0.3 is 25.8 Å². The van der Waals surface area contributed by atoms with Crippen LogP contribution in [0, 0.1) is 19.8 Å². The maximum Gasteiger partial charge on any atom is 0.239 e. The van der Waals surface area contributed by atoms with Gasteiger partial charge in [0.1, 0.15) is 0 Å². The van der Waals surface area contributed by atoms with E-state index < -0.39 is 0 Å². The molecule has 0 radical (unpaired) electrons. The van der Waals surface area contributed by atoms with E-state index in [1.165, 1.54) is 0 Å². The van der Waals surface area contributed by atoms with Crippen LogP contribution in [-0.2, 0) is 21.4 Å². The molecule has 4 aromatic rings. The lowest BCUT2D eigenvalue weighted by Gasteiger charge is -2.29. The van der Waals surface area contributed by atoms with Crippen LogP contribution in [0.5, 0.6) is 0 Å². The fourth-order valence-electron chi connectivity index (χ4n) is 5.62. The minimum atomic E-state index is -0.199. The van der Waals surface area contributed by atoms with Gasteiger partial charge >= 0.3 is 0 Å². The first-order valence-electron chi connectivity index (χ1n) is 14.0. The van der Waals surface area contributed by atoms with Crippen LogP contribution < -0.4 is 16.0 Å². The number of carbonyl (C=O) groups excluding carboxylic acids is 3. The summed E-state index contributed by atoms with van der Waals surface area (Å²) in [7, 11) is 1.88. The number of hydrogen-bond donors (Lipinski definition) is 4. The van der Waals surface area contributed by atoms with Crippen LogP contribution in [0.15, 0.2) is 36.7 Å². The number of fused-ring (bicyclic) bond motifs is 1. The van der Waals surface area contributed by atoms with Crippen molar-refractivity contribution in [2.75, 3.05) is 49.9 Å². The van der Waals surface area contributed by atoms with Crippen molar-refractivity contribution in [3.8, 4) is 11.3 Å². The second kappa shape index (κ2) is 11.2. The Bertz CT molecular complexity index is 1660. The summed E-state index contributed by atoms with van der Waals surface area (Å²) in [4.78, 5) is 53.8. The molecule has 4 N–H and O–H groups in total. The van der Waals surface area contributed by atoms with E-state index in [0.717, 1.165) is 33.4 Å². The van der Waals surface area contributed by atoms with Gasteiger partial charge in [-0.3, -0.25) is 24.0 Å². The summed E-state index contributed by atoms with van der Waals surface area (Å²) in [5, 5.41) is 14.3. The van der Waals surface area contributed by atoms with E-state index in [2.05, 4.69) is 31.0 Å². The molecule has 2 fully saturated rings. The third-order valence-electron chi connectivity index (χ3n) is 7.91. The highest BCUT2D eigenvalue weighted by Gasteiger charge is 2.33. The number of nitrogens with one attached hydrogen (secondary N) is 4. The van der Waals surface area contributed by atoms with Crippen LogP contribution in [0.25, 0.3) is 22.2 Å². The molecule has 2 saturated heterocycles. The molecule has 13 heteroatoms. The standard InChI is InChI=1S/C29H34N10O3/c1-17-12-32-29(34-23-11-18(2)37(3)36-23)35-26(17)21-13-31-27-20(21)5-4-6-22(27)33-25(41)15-38-9-7-19(14-38)28(42)39-10-8-30-24(40)16-39/h4-6,11-13,19,31H,7-10,14-16H2,1-3H3,(H,30,40)(H,33,41)(H,32,34,35,36)/t19-/m1/s1. The lowest BCUT2D eigenvalue weighted by atomic mass is 10.1. The van der Waals surface area contributed by atoms with Crippen LogP contribution in [0.2, 0.25) is 0 Å². The molecule has 2 aliphatic heterocycles. The van der Waals surface area contributed by atoms with Crippen molar-refractivity contribution < 1.29 is 14.4 Å². The summed E-state index contributed by atoms with van der Waals surface area (Å²) in [6.07, 6.45) is 4.34. The monoisotopic (exact) mass is 570 g/mol. The first-order valence-corrected chi connectivity index (χ1v) is 14.0. The predicted molar refractivity (Wildman–Crippen MR) is 158 cm³/mol. The van der Waals surface area contributed by atoms with Crippen molar-refractivity contribution in [1.29, 1.82) is 0 Å². The van der Waals surface area contributed by atoms with Gasteiger partial charge in [0.05, 0.1) is 35.9 Å². The van der Waals surface area contributed by atoms with Gasteiger partial charge in [-0.05, 0) is 38.4 Å². The van der Waals surface area contributed by atoms with Crippen molar-refractivity contribution >= 4 is 46.1 Å². The van der Waals surface area contributed by atoms with Crippen LogP contribution in [0.4, 0.5) is 17.5 Å². The van der Waals surface area contributed by atoms with Crippen molar-refractivity contribution in [3.63, 3.8) is 0 Å². The second-order valence-corrected chi connectivity index (χ2v) is 11.0. The van der Waals surface area contributed by atoms with Gasteiger partial charge in [-0.2, -0.15) is 5.10 Å². The largest absolute Gasteiger partial charge is 0.359 e. The Morgan fingerprint density at radius 3 is 2.83 bits per heavy atom. The van der Waals surface area contributed by atoms with E-state index in [4.69, 9.17) is 4.98 Å². The number of hydrogen-bond acceptors (Lipinski definition) is 8. The number of aromatic amines is 1. The molecule has 5 heterocycles. The highest BCUT2D eigenvalue weighted by molar-refractivity contribution is 6.06. The van der Waals surface area contributed by atoms with Crippen LogP contribution in [0.3, 0.4) is 0 Å². The van der Waals surface area contributed by atoms with E-state index in [0.29, 0.717) is 50.1 Å². The minimum absolute atomic E-state index is 0.00930. The summed E-state index contributed by atoms with van der Waals surface area (Å²) >= 11 is 0. The topological polar surface area (TPSA) is 153 Å². The zero-order chi connectivity index (χ0) is 29.4. The number of nitrogens with zero attached hydrogens (tertiary/aromatic N) is 6. The number of para-hydroxylation sites is 1. The number of likely N-dealkylation sites (tertiary alicyclic amines) is 1. The van der Waals surface area contributed by atoms with Gasteiger partial charge in [-0.25, -0.2) is 9.97 Å². The Morgan fingerprint density at radius 1 is 1.19 bits per heavy atom. The molecule has 1 atom stereocenters. The highest BCUT2D eigenvalue weighted by Crippen LogP contribution is 2.33. The Labute approximate surface area is 242 Å². The van der Waals surface area contributed by atoms with E-state index in [1.807, 2.05) is 56.3 Å². The van der Waals surface area contributed by atoms with Gasteiger partial charge in [-0.15, -0.1) is 0 Å². The van der Waals surface area contributed by atoms with E-state index in [1.54, 1.807) is 15.8 Å². The number of rotatable bonds is 7. The fourth-order valence-corrected chi connectivity index (χ4v) is 5.62. The SMILES string of the molecule is Cc1cnc(Nc2cc(C)n(C)n2)nc1-c1c[nH]c2c(NC(=O)CN3CC[C@@H](C(=O)N4CCNC(=O)C4)C3)cccc12. The van der Waals surface area contributed by atoms with Crippen molar-refractivity contribution in [1.82, 2.24) is 39.8 Å². The first kappa shape index (κ1) is 27.4. The number of carbonyl (C=O) groups is 3. The highest BCUT2D eigenvalue weighted by atomic mass is 16.2. The number of aryl methyl sites for hydroxylation is 3.